The molecule has 0 radical (unpaired) electrons. The van der Waals surface area contributed by atoms with Crippen molar-refractivity contribution < 1.29 is 19.4 Å². The predicted molar refractivity (Wildman–Crippen MR) is 85.8 cm³/mol. The Kier molecular flexibility index (Phi) is 6.02. The van der Waals surface area contributed by atoms with Crippen LogP contribution in [0.1, 0.15) is 45.9 Å². The van der Waals surface area contributed by atoms with E-state index in [-0.39, 0.29) is 23.1 Å². The summed E-state index contributed by atoms with van der Waals surface area (Å²) in [5.41, 5.74) is 0.352. The zero-order valence-electron chi connectivity index (χ0n) is 13.6. The Labute approximate surface area is 139 Å². The van der Waals surface area contributed by atoms with Crippen LogP contribution in [-0.2, 0) is 11.3 Å². The lowest BCUT2D eigenvalue weighted by atomic mass is 10.1. The molecular formula is C16H20N4O4. The fraction of sp³-hybridized carbons (Fsp3) is 0.375. The highest BCUT2D eigenvalue weighted by Gasteiger charge is 2.17. The molecule has 8 heteroatoms. The molecule has 1 atom stereocenters. The van der Waals surface area contributed by atoms with Gasteiger partial charge in [0.2, 0.25) is 0 Å². The number of benzene rings is 1. The van der Waals surface area contributed by atoms with Gasteiger partial charge in [0, 0.05) is 25.8 Å². The van der Waals surface area contributed by atoms with Crippen molar-refractivity contribution in [2.75, 3.05) is 13.7 Å². The lowest BCUT2D eigenvalue weighted by molar-refractivity contribution is 0.0697. The van der Waals surface area contributed by atoms with Gasteiger partial charge in [-0.2, -0.15) is 0 Å². The normalized spacial score (nSPS) is 11.9. The molecule has 1 heterocycles. The Morgan fingerprint density at radius 3 is 2.83 bits per heavy atom. The number of carboxylic acids is 1. The van der Waals surface area contributed by atoms with Crippen LogP contribution in [0.5, 0.6) is 0 Å². The van der Waals surface area contributed by atoms with Crippen LogP contribution >= 0.6 is 0 Å². The minimum absolute atomic E-state index is 0.0676. The van der Waals surface area contributed by atoms with E-state index in [1.54, 1.807) is 26.4 Å². The highest BCUT2D eigenvalue weighted by atomic mass is 16.5. The second-order valence-corrected chi connectivity index (χ2v) is 5.31. The van der Waals surface area contributed by atoms with Crippen LogP contribution in [0, 0.1) is 0 Å². The fourth-order valence-electron chi connectivity index (χ4n) is 2.29. The van der Waals surface area contributed by atoms with Gasteiger partial charge in [-0.05, 0) is 31.5 Å². The molecular weight excluding hydrogens is 312 g/mol. The first-order valence-electron chi connectivity index (χ1n) is 7.53. The van der Waals surface area contributed by atoms with Crippen LogP contribution in [0.3, 0.4) is 0 Å². The molecule has 0 unspecified atom stereocenters. The Morgan fingerprint density at radius 1 is 1.38 bits per heavy atom. The van der Waals surface area contributed by atoms with Gasteiger partial charge in [-0.15, -0.1) is 10.2 Å². The van der Waals surface area contributed by atoms with Crippen molar-refractivity contribution in [2.45, 2.75) is 25.9 Å². The van der Waals surface area contributed by atoms with Gasteiger partial charge in [0.05, 0.1) is 11.6 Å². The molecule has 24 heavy (non-hydrogen) atoms. The van der Waals surface area contributed by atoms with Gasteiger partial charge < -0.3 is 19.7 Å². The molecule has 0 aliphatic heterocycles. The lowest BCUT2D eigenvalue weighted by Gasteiger charge is -2.15. The number of aryl methyl sites for hydroxylation is 1. The third-order valence-corrected chi connectivity index (χ3v) is 3.50. The van der Waals surface area contributed by atoms with Gasteiger partial charge in [-0.25, -0.2) is 4.79 Å². The predicted octanol–water partition coefficient (Wildman–Crippen LogP) is 1.50. The van der Waals surface area contributed by atoms with Crippen molar-refractivity contribution in [3.63, 3.8) is 0 Å². The summed E-state index contributed by atoms with van der Waals surface area (Å²) in [7, 11) is 1.64. The fourth-order valence-corrected chi connectivity index (χ4v) is 2.29. The van der Waals surface area contributed by atoms with Crippen LogP contribution in [-0.4, -0.2) is 45.5 Å². The molecule has 2 N–H and O–H groups in total. The van der Waals surface area contributed by atoms with Crippen LogP contribution in [0.15, 0.2) is 30.6 Å². The Bertz CT molecular complexity index is 714. The summed E-state index contributed by atoms with van der Waals surface area (Å²) in [6.45, 7) is 3.11. The topological polar surface area (TPSA) is 106 Å². The van der Waals surface area contributed by atoms with E-state index < -0.39 is 5.97 Å². The Balaban J connectivity index is 2.05. The minimum Gasteiger partial charge on any atom is -0.478 e. The first-order chi connectivity index (χ1) is 11.5. The van der Waals surface area contributed by atoms with Crippen LogP contribution < -0.4 is 5.32 Å². The first kappa shape index (κ1) is 17.6. The number of methoxy groups -OCH3 is 1. The van der Waals surface area contributed by atoms with Crippen molar-refractivity contribution in [1.29, 1.82) is 0 Å². The van der Waals surface area contributed by atoms with E-state index in [0.29, 0.717) is 19.0 Å². The molecule has 0 aliphatic rings. The number of hydrogen-bond acceptors (Lipinski definition) is 5. The second kappa shape index (κ2) is 8.21. The Morgan fingerprint density at radius 2 is 2.12 bits per heavy atom. The minimum atomic E-state index is -1.07. The van der Waals surface area contributed by atoms with Gasteiger partial charge in [-0.1, -0.05) is 6.07 Å². The summed E-state index contributed by atoms with van der Waals surface area (Å²) in [6, 6.07) is 5.52. The van der Waals surface area contributed by atoms with Crippen molar-refractivity contribution in [1.82, 2.24) is 20.1 Å². The maximum absolute atomic E-state index is 12.3. The van der Waals surface area contributed by atoms with E-state index in [0.717, 1.165) is 6.42 Å². The molecule has 2 rings (SSSR count). The first-order valence-corrected chi connectivity index (χ1v) is 7.53. The summed E-state index contributed by atoms with van der Waals surface area (Å²) in [5, 5.41) is 19.7. The summed E-state index contributed by atoms with van der Waals surface area (Å²) in [5.74, 6) is -0.804. The number of carboxylic acid groups (broad SMARTS) is 1. The van der Waals surface area contributed by atoms with E-state index in [9.17, 15) is 9.59 Å². The number of hydrogen-bond donors (Lipinski definition) is 2. The smallest absolute Gasteiger partial charge is 0.335 e. The van der Waals surface area contributed by atoms with Gasteiger partial charge in [-0.3, -0.25) is 4.79 Å². The van der Waals surface area contributed by atoms with Crippen LogP contribution in [0.2, 0.25) is 0 Å². The third kappa shape index (κ3) is 4.39. The molecule has 1 aromatic heterocycles. The van der Waals surface area contributed by atoms with E-state index in [1.165, 1.54) is 18.2 Å². The van der Waals surface area contributed by atoms with E-state index in [4.69, 9.17) is 9.84 Å². The maximum atomic E-state index is 12.3. The summed E-state index contributed by atoms with van der Waals surface area (Å²) in [6.07, 6.45) is 2.42. The van der Waals surface area contributed by atoms with Gasteiger partial charge in [0.1, 0.15) is 6.33 Å². The molecule has 0 bridgehead atoms. The maximum Gasteiger partial charge on any atom is 0.335 e. The molecule has 0 saturated heterocycles. The average molecular weight is 332 g/mol. The SMILES string of the molecule is COCCCn1cnnc1[C@H](C)NC(=O)c1cccc(C(=O)O)c1. The molecule has 0 spiro atoms. The number of aromatic carboxylic acids is 1. The summed E-state index contributed by atoms with van der Waals surface area (Å²) < 4.78 is 6.88. The summed E-state index contributed by atoms with van der Waals surface area (Å²) >= 11 is 0. The molecule has 0 aliphatic carbocycles. The van der Waals surface area contributed by atoms with E-state index >= 15 is 0 Å². The molecule has 1 aromatic carbocycles. The van der Waals surface area contributed by atoms with Crippen molar-refractivity contribution in [3.8, 4) is 0 Å². The third-order valence-electron chi connectivity index (χ3n) is 3.50. The van der Waals surface area contributed by atoms with Crippen molar-refractivity contribution >= 4 is 11.9 Å². The standard InChI is InChI=1S/C16H20N4O4/c1-11(14-19-17-10-20(14)7-4-8-24-2)18-15(21)12-5-3-6-13(9-12)16(22)23/h3,5-6,9-11H,4,7-8H2,1-2H3,(H,18,21)(H,22,23)/t11-/m0/s1. The van der Waals surface area contributed by atoms with E-state index in [2.05, 4.69) is 15.5 Å². The zero-order valence-corrected chi connectivity index (χ0v) is 13.6. The number of rotatable bonds is 8. The number of carbonyl (C=O) groups is 2. The molecule has 8 nitrogen and oxygen atoms in total. The molecule has 1 amide bonds. The molecule has 2 aromatic rings. The molecule has 0 fully saturated rings. The van der Waals surface area contributed by atoms with Crippen molar-refractivity contribution in [2.24, 2.45) is 0 Å². The number of aromatic nitrogens is 3. The largest absolute Gasteiger partial charge is 0.478 e. The van der Waals surface area contributed by atoms with Crippen LogP contribution in [0.25, 0.3) is 0 Å². The van der Waals surface area contributed by atoms with E-state index in [1.807, 2.05) is 4.57 Å². The number of ether oxygens (including phenoxy) is 1. The van der Waals surface area contributed by atoms with Gasteiger partial charge in [0.25, 0.3) is 5.91 Å². The summed E-state index contributed by atoms with van der Waals surface area (Å²) in [4.78, 5) is 23.3. The number of carbonyl (C=O) groups excluding carboxylic acids is 1. The lowest BCUT2D eigenvalue weighted by Crippen LogP contribution is -2.29. The van der Waals surface area contributed by atoms with Gasteiger partial charge in [0.15, 0.2) is 5.82 Å². The quantitative estimate of drug-likeness (QED) is 0.710. The average Bonchev–Trinajstić information content (AvgIpc) is 3.03. The van der Waals surface area contributed by atoms with Crippen molar-refractivity contribution in [3.05, 3.63) is 47.5 Å². The monoisotopic (exact) mass is 332 g/mol. The zero-order chi connectivity index (χ0) is 17.5. The molecule has 128 valence electrons. The number of amides is 1. The van der Waals surface area contributed by atoms with Crippen LogP contribution in [0.4, 0.5) is 0 Å². The Hall–Kier alpha value is -2.74. The second-order valence-electron chi connectivity index (χ2n) is 5.31. The molecule has 0 saturated carbocycles. The highest BCUT2D eigenvalue weighted by molar-refractivity contribution is 5.97. The number of nitrogens with zero attached hydrogens (tertiary/aromatic N) is 3. The number of nitrogens with one attached hydrogen (secondary N) is 1. The van der Waals surface area contributed by atoms with Gasteiger partial charge >= 0.3 is 5.97 Å². The highest BCUT2D eigenvalue weighted by Crippen LogP contribution is 2.12.